The minimum Gasteiger partial charge on any atom is -0.494 e. The molecule has 0 atom stereocenters. The van der Waals surface area contributed by atoms with E-state index in [1.165, 1.54) is 22.8 Å². The predicted octanol–water partition coefficient (Wildman–Crippen LogP) is 6.88. The Morgan fingerprint density at radius 1 is 0.700 bits per heavy atom. The lowest BCUT2D eigenvalue weighted by Crippen LogP contribution is -2.57. The second-order valence-electron chi connectivity index (χ2n) is 9.77. The van der Waals surface area contributed by atoms with Crippen molar-refractivity contribution in [3.05, 3.63) is 130 Å². The van der Waals surface area contributed by atoms with Gasteiger partial charge in [-0.1, -0.05) is 77.9 Å². The quantitative estimate of drug-likeness (QED) is 0.193. The summed E-state index contributed by atoms with van der Waals surface area (Å²) in [5.74, 6) is -0.668. The second-order valence-corrected chi connectivity index (χ2v) is 9.77. The Labute approximate surface area is 234 Å². The molecule has 0 saturated carbocycles. The molecule has 0 radical (unpaired) electrons. The predicted molar refractivity (Wildman–Crippen MR) is 158 cm³/mol. The maximum atomic E-state index is 13.7. The van der Waals surface area contributed by atoms with Gasteiger partial charge in [0.25, 0.3) is 11.8 Å². The SMILES string of the molecule is CCOc1cc(C=C2C(=O)N(c3ccccc3)C(=O)N(c3ccccc3)C2=O)ccc1Cc1cc(C)cc(C)c1. The molecule has 0 N–H and O–H groups in total. The molecule has 0 spiro atoms. The fraction of sp³-hybridized carbons (Fsp3) is 0.147. The number of barbiturate groups is 1. The van der Waals surface area contributed by atoms with Gasteiger partial charge in [0, 0.05) is 6.42 Å². The fourth-order valence-electron chi connectivity index (χ4n) is 4.99. The Kier molecular flexibility index (Phi) is 7.60. The highest BCUT2D eigenvalue weighted by atomic mass is 16.5. The number of benzene rings is 4. The zero-order chi connectivity index (χ0) is 28.2. The van der Waals surface area contributed by atoms with E-state index in [0.29, 0.717) is 35.7 Å². The van der Waals surface area contributed by atoms with Gasteiger partial charge in [-0.25, -0.2) is 14.6 Å². The first-order valence-electron chi connectivity index (χ1n) is 13.2. The van der Waals surface area contributed by atoms with E-state index < -0.39 is 17.8 Å². The number of rotatable bonds is 7. The van der Waals surface area contributed by atoms with Gasteiger partial charge < -0.3 is 4.74 Å². The van der Waals surface area contributed by atoms with Crippen molar-refractivity contribution in [1.82, 2.24) is 0 Å². The summed E-state index contributed by atoms with van der Waals surface area (Å²) in [5.41, 5.74) is 5.86. The van der Waals surface area contributed by atoms with Crippen molar-refractivity contribution in [3.63, 3.8) is 0 Å². The van der Waals surface area contributed by atoms with Crippen LogP contribution in [-0.2, 0) is 16.0 Å². The van der Waals surface area contributed by atoms with Crippen molar-refractivity contribution in [1.29, 1.82) is 0 Å². The number of para-hydroxylation sites is 2. The van der Waals surface area contributed by atoms with Crippen LogP contribution < -0.4 is 14.5 Å². The topological polar surface area (TPSA) is 66.9 Å². The first-order chi connectivity index (χ1) is 19.4. The van der Waals surface area contributed by atoms with Gasteiger partial charge in [-0.05, 0) is 73.9 Å². The van der Waals surface area contributed by atoms with Crippen molar-refractivity contribution >= 4 is 35.3 Å². The molecule has 0 bridgehead atoms. The summed E-state index contributed by atoms with van der Waals surface area (Å²) >= 11 is 0. The number of nitrogens with zero attached hydrogens (tertiary/aromatic N) is 2. The molecule has 0 aliphatic carbocycles. The Bertz CT molecular complexity index is 1530. The summed E-state index contributed by atoms with van der Waals surface area (Å²) in [6, 6.07) is 28.6. The summed E-state index contributed by atoms with van der Waals surface area (Å²) in [5, 5.41) is 0. The number of amides is 4. The van der Waals surface area contributed by atoms with E-state index >= 15 is 0 Å². The third kappa shape index (κ3) is 5.43. The number of ether oxygens (including phenoxy) is 1. The zero-order valence-corrected chi connectivity index (χ0v) is 22.8. The number of anilines is 2. The Morgan fingerprint density at radius 3 is 1.77 bits per heavy atom. The normalized spacial score (nSPS) is 13.6. The molecule has 6 nitrogen and oxygen atoms in total. The van der Waals surface area contributed by atoms with Crippen LogP contribution in [0.4, 0.5) is 16.2 Å². The molecule has 4 amide bonds. The standard InChI is InChI=1S/C34H30N2O4/c1-4-40-31-22-25(15-16-27(31)20-26-18-23(2)17-24(3)19-26)21-30-32(37)35(28-11-7-5-8-12-28)34(39)36(33(30)38)29-13-9-6-10-14-29/h5-19,21-22H,4,20H2,1-3H3. The van der Waals surface area contributed by atoms with Crippen LogP contribution >= 0.6 is 0 Å². The summed E-state index contributed by atoms with van der Waals surface area (Å²) < 4.78 is 5.98. The molecule has 1 fully saturated rings. The monoisotopic (exact) mass is 530 g/mol. The van der Waals surface area contributed by atoms with Crippen molar-refractivity contribution in [2.75, 3.05) is 16.4 Å². The smallest absolute Gasteiger partial charge is 0.343 e. The number of imide groups is 2. The molecule has 5 rings (SSSR count). The van der Waals surface area contributed by atoms with Gasteiger partial charge in [0.15, 0.2) is 0 Å². The number of hydrogen-bond acceptors (Lipinski definition) is 4. The molecule has 40 heavy (non-hydrogen) atoms. The maximum absolute atomic E-state index is 13.7. The van der Waals surface area contributed by atoms with Crippen LogP contribution in [0.25, 0.3) is 6.08 Å². The number of urea groups is 1. The number of aryl methyl sites for hydroxylation is 2. The van der Waals surface area contributed by atoms with E-state index in [2.05, 4.69) is 32.0 Å². The van der Waals surface area contributed by atoms with E-state index in [-0.39, 0.29) is 5.57 Å². The Hall–Kier alpha value is -4.97. The van der Waals surface area contributed by atoms with Crippen LogP contribution in [0, 0.1) is 13.8 Å². The summed E-state index contributed by atoms with van der Waals surface area (Å²) in [4.78, 5) is 42.9. The molecule has 1 aliphatic heterocycles. The largest absolute Gasteiger partial charge is 0.494 e. The molecule has 4 aromatic carbocycles. The number of carbonyl (C=O) groups excluding carboxylic acids is 3. The van der Waals surface area contributed by atoms with Crippen LogP contribution in [0.3, 0.4) is 0 Å². The molecular weight excluding hydrogens is 500 g/mol. The molecular formula is C34H30N2O4. The molecule has 0 unspecified atom stereocenters. The minimum atomic E-state index is -0.719. The number of hydrogen-bond donors (Lipinski definition) is 0. The Morgan fingerprint density at radius 2 is 1.25 bits per heavy atom. The van der Waals surface area contributed by atoms with E-state index in [0.717, 1.165) is 15.4 Å². The van der Waals surface area contributed by atoms with Crippen LogP contribution in [0.5, 0.6) is 5.75 Å². The minimum absolute atomic E-state index is 0.114. The highest BCUT2D eigenvalue weighted by Crippen LogP contribution is 2.31. The average Bonchev–Trinajstić information content (AvgIpc) is 2.93. The highest BCUT2D eigenvalue weighted by molar-refractivity contribution is 6.46. The van der Waals surface area contributed by atoms with Crippen LogP contribution in [-0.4, -0.2) is 24.5 Å². The first kappa shape index (κ1) is 26.6. The summed E-state index contributed by atoms with van der Waals surface area (Å²) in [7, 11) is 0. The van der Waals surface area contributed by atoms with Crippen LogP contribution in [0.1, 0.15) is 34.7 Å². The molecule has 0 aromatic heterocycles. The van der Waals surface area contributed by atoms with E-state index in [4.69, 9.17) is 4.74 Å². The van der Waals surface area contributed by atoms with Gasteiger partial charge in [-0.15, -0.1) is 0 Å². The van der Waals surface area contributed by atoms with E-state index in [9.17, 15) is 14.4 Å². The Balaban J connectivity index is 1.56. The summed E-state index contributed by atoms with van der Waals surface area (Å²) in [6.45, 7) is 6.54. The van der Waals surface area contributed by atoms with Gasteiger partial charge in [0.1, 0.15) is 11.3 Å². The lowest BCUT2D eigenvalue weighted by molar-refractivity contribution is -0.121. The third-order valence-electron chi connectivity index (χ3n) is 6.66. The molecule has 4 aromatic rings. The zero-order valence-electron chi connectivity index (χ0n) is 22.8. The van der Waals surface area contributed by atoms with Gasteiger partial charge in [-0.3, -0.25) is 9.59 Å². The second kappa shape index (κ2) is 11.4. The average molecular weight is 531 g/mol. The fourth-order valence-corrected chi connectivity index (χ4v) is 4.99. The number of carbonyl (C=O) groups is 3. The van der Waals surface area contributed by atoms with Gasteiger partial charge in [0.05, 0.1) is 18.0 Å². The highest BCUT2D eigenvalue weighted by Gasteiger charge is 2.43. The molecule has 1 aliphatic rings. The third-order valence-corrected chi connectivity index (χ3v) is 6.66. The van der Waals surface area contributed by atoms with Crippen LogP contribution in [0.2, 0.25) is 0 Å². The van der Waals surface area contributed by atoms with Crippen LogP contribution in [0.15, 0.2) is 103 Å². The van der Waals surface area contributed by atoms with Gasteiger partial charge in [0.2, 0.25) is 0 Å². The van der Waals surface area contributed by atoms with E-state index in [1.54, 1.807) is 60.7 Å². The van der Waals surface area contributed by atoms with Crippen molar-refractivity contribution < 1.29 is 19.1 Å². The van der Waals surface area contributed by atoms with Gasteiger partial charge in [-0.2, -0.15) is 0 Å². The maximum Gasteiger partial charge on any atom is 0.343 e. The van der Waals surface area contributed by atoms with Crippen molar-refractivity contribution in [2.24, 2.45) is 0 Å². The molecule has 6 heteroatoms. The molecule has 1 saturated heterocycles. The lowest BCUT2D eigenvalue weighted by atomic mass is 9.98. The van der Waals surface area contributed by atoms with Crippen molar-refractivity contribution in [2.45, 2.75) is 27.2 Å². The lowest BCUT2D eigenvalue weighted by Gasteiger charge is -2.33. The van der Waals surface area contributed by atoms with Crippen molar-refractivity contribution in [3.8, 4) is 5.75 Å². The van der Waals surface area contributed by atoms with Gasteiger partial charge >= 0.3 is 6.03 Å². The molecule has 1 heterocycles. The van der Waals surface area contributed by atoms with E-state index in [1.807, 2.05) is 25.1 Å². The molecule has 200 valence electrons. The first-order valence-corrected chi connectivity index (χ1v) is 13.2. The summed E-state index contributed by atoms with van der Waals surface area (Å²) in [6.07, 6.45) is 2.22.